The Morgan fingerprint density at radius 3 is 2.71 bits per heavy atom. The number of hydrogen-bond donors (Lipinski definition) is 2. The highest BCUT2D eigenvalue weighted by Crippen LogP contribution is 2.31. The lowest BCUT2D eigenvalue weighted by atomic mass is 9.97. The Morgan fingerprint density at radius 1 is 1.43 bits per heavy atom. The van der Waals surface area contributed by atoms with Crippen LogP contribution in [0, 0.1) is 5.82 Å². The maximum atomic E-state index is 13.6. The van der Waals surface area contributed by atoms with Crippen LogP contribution in [-0.4, -0.2) is 29.8 Å². The number of halogens is 1. The lowest BCUT2D eigenvalue weighted by molar-refractivity contribution is -0.151. The summed E-state index contributed by atoms with van der Waals surface area (Å²) in [5.41, 5.74) is -0.496. The molecule has 2 rings (SSSR count). The molecule has 0 heterocycles. The maximum absolute atomic E-state index is 13.6. The number of aliphatic hydroxyl groups is 1. The summed E-state index contributed by atoms with van der Waals surface area (Å²) in [6.07, 6.45) is 2.28. The van der Waals surface area contributed by atoms with Gasteiger partial charge in [0.05, 0.1) is 12.7 Å². The second-order valence-electron chi connectivity index (χ2n) is 5.43. The van der Waals surface area contributed by atoms with E-state index >= 15 is 0 Å². The van der Waals surface area contributed by atoms with Crippen molar-refractivity contribution in [1.82, 2.24) is 5.32 Å². The highest BCUT2D eigenvalue weighted by molar-refractivity contribution is 5.81. The van der Waals surface area contributed by atoms with Crippen LogP contribution in [0.15, 0.2) is 24.3 Å². The van der Waals surface area contributed by atoms with Crippen LogP contribution in [0.4, 0.5) is 4.39 Å². The van der Waals surface area contributed by atoms with E-state index in [2.05, 4.69) is 5.32 Å². The molecule has 21 heavy (non-hydrogen) atoms. The van der Waals surface area contributed by atoms with Gasteiger partial charge in [0.2, 0.25) is 0 Å². The summed E-state index contributed by atoms with van der Waals surface area (Å²) in [6, 6.07) is 6.12. The van der Waals surface area contributed by atoms with Crippen LogP contribution in [0.1, 0.15) is 44.3 Å². The molecule has 1 fully saturated rings. The van der Waals surface area contributed by atoms with Gasteiger partial charge in [-0.3, -0.25) is 10.1 Å². The van der Waals surface area contributed by atoms with Gasteiger partial charge in [-0.15, -0.1) is 0 Å². The zero-order chi connectivity index (χ0) is 15.3. The molecule has 1 saturated carbocycles. The maximum Gasteiger partial charge on any atom is 0.326 e. The quantitative estimate of drug-likeness (QED) is 0.791. The first-order chi connectivity index (χ1) is 10.1. The lowest BCUT2D eigenvalue weighted by Gasteiger charge is -2.29. The van der Waals surface area contributed by atoms with E-state index < -0.39 is 17.5 Å². The molecule has 1 aliphatic carbocycles. The Bertz CT molecular complexity index is 486. The Morgan fingerprint density at radius 2 is 2.10 bits per heavy atom. The monoisotopic (exact) mass is 295 g/mol. The summed E-state index contributed by atoms with van der Waals surface area (Å²) < 4.78 is 18.8. The van der Waals surface area contributed by atoms with E-state index in [1.54, 1.807) is 25.1 Å². The molecule has 4 nitrogen and oxygen atoms in total. The smallest absolute Gasteiger partial charge is 0.326 e. The van der Waals surface area contributed by atoms with Gasteiger partial charge in [-0.1, -0.05) is 31.0 Å². The van der Waals surface area contributed by atoms with E-state index in [1.807, 2.05) is 0 Å². The van der Waals surface area contributed by atoms with Gasteiger partial charge in [0.1, 0.15) is 11.4 Å². The minimum Gasteiger partial charge on any atom is -0.465 e. The van der Waals surface area contributed by atoms with E-state index in [0.717, 1.165) is 12.8 Å². The number of β-amino-alcohol motifs (C(OH)–C–C–N with tert-alkyl or cyclic N) is 1. The second-order valence-corrected chi connectivity index (χ2v) is 5.43. The van der Waals surface area contributed by atoms with Crippen molar-refractivity contribution in [2.75, 3.05) is 13.2 Å². The lowest BCUT2D eigenvalue weighted by Crippen LogP contribution is -2.52. The molecule has 0 saturated heterocycles. The molecule has 0 radical (unpaired) electrons. The molecule has 1 aromatic rings. The van der Waals surface area contributed by atoms with Crippen LogP contribution in [0.25, 0.3) is 0 Å². The first-order valence-corrected chi connectivity index (χ1v) is 7.44. The minimum absolute atomic E-state index is 0.125. The van der Waals surface area contributed by atoms with Crippen molar-refractivity contribution in [3.63, 3.8) is 0 Å². The number of aliphatic hydroxyl groups excluding tert-OH is 1. The Labute approximate surface area is 124 Å². The van der Waals surface area contributed by atoms with Crippen LogP contribution in [0.5, 0.6) is 0 Å². The van der Waals surface area contributed by atoms with Gasteiger partial charge in [-0.25, -0.2) is 4.39 Å². The Balaban J connectivity index is 2.02. The van der Waals surface area contributed by atoms with Gasteiger partial charge in [-0.2, -0.15) is 0 Å². The summed E-state index contributed by atoms with van der Waals surface area (Å²) in [5, 5.41) is 13.2. The van der Waals surface area contributed by atoms with E-state index in [9.17, 15) is 14.3 Å². The molecule has 116 valence electrons. The summed E-state index contributed by atoms with van der Waals surface area (Å²) in [6.45, 7) is 2.23. The fourth-order valence-electron chi connectivity index (χ4n) is 2.85. The predicted molar refractivity (Wildman–Crippen MR) is 77.2 cm³/mol. The third kappa shape index (κ3) is 3.60. The van der Waals surface area contributed by atoms with Crippen molar-refractivity contribution >= 4 is 5.97 Å². The van der Waals surface area contributed by atoms with Gasteiger partial charge in [0.25, 0.3) is 0 Å². The van der Waals surface area contributed by atoms with Crippen LogP contribution in [0.2, 0.25) is 0 Å². The van der Waals surface area contributed by atoms with E-state index in [4.69, 9.17) is 4.74 Å². The fraction of sp³-hybridized carbons (Fsp3) is 0.562. The summed E-state index contributed by atoms with van der Waals surface area (Å²) >= 11 is 0. The van der Waals surface area contributed by atoms with Gasteiger partial charge in [0.15, 0.2) is 0 Å². The van der Waals surface area contributed by atoms with Crippen molar-refractivity contribution in [2.24, 2.45) is 0 Å². The molecular weight excluding hydrogens is 273 g/mol. The Hall–Kier alpha value is -1.46. The van der Waals surface area contributed by atoms with E-state index in [1.165, 1.54) is 6.07 Å². The number of hydrogen-bond acceptors (Lipinski definition) is 4. The largest absolute Gasteiger partial charge is 0.465 e. The first-order valence-electron chi connectivity index (χ1n) is 7.44. The van der Waals surface area contributed by atoms with Gasteiger partial charge in [-0.05, 0) is 25.8 Å². The molecule has 5 heteroatoms. The number of ether oxygens (including phenoxy) is 1. The predicted octanol–water partition coefficient (Wildman–Crippen LogP) is 2.32. The first kappa shape index (κ1) is 15.9. The van der Waals surface area contributed by atoms with Crippen molar-refractivity contribution in [1.29, 1.82) is 0 Å². The number of benzene rings is 1. The Kier molecular flexibility index (Phi) is 5.31. The van der Waals surface area contributed by atoms with E-state index in [-0.39, 0.29) is 18.1 Å². The zero-order valence-electron chi connectivity index (χ0n) is 12.3. The minimum atomic E-state index is -0.988. The molecule has 2 N–H and O–H groups in total. The van der Waals surface area contributed by atoms with Crippen LogP contribution in [0.3, 0.4) is 0 Å². The number of carbonyl (C=O) groups excluding carboxylic acids is 1. The van der Waals surface area contributed by atoms with Gasteiger partial charge in [0, 0.05) is 12.1 Å². The molecule has 0 aliphatic heterocycles. The van der Waals surface area contributed by atoms with Crippen LogP contribution in [-0.2, 0) is 9.53 Å². The van der Waals surface area contributed by atoms with Crippen molar-refractivity contribution in [3.8, 4) is 0 Å². The molecule has 1 aliphatic rings. The molecule has 0 aromatic heterocycles. The second kappa shape index (κ2) is 7.00. The number of esters is 1. The number of rotatable bonds is 6. The molecule has 1 atom stereocenters. The standard InChI is InChI=1S/C16H22FNO3/c1-2-21-15(20)16(9-5-6-10-16)18-11-14(19)12-7-3-4-8-13(12)17/h3-4,7-8,14,18-19H,2,5-6,9-11H2,1H3. The van der Waals surface area contributed by atoms with Crippen molar-refractivity contribution in [3.05, 3.63) is 35.6 Å². The molecule has 0 spiro atoms. The topological polar surface area (TPSA) is 58.6 Å². The summed E-state index contributed by atoms with van der Waals surface area (Å²) in [7, 11) is 0. The number of carbonyl (C=O) groups is 1. The highest BCUT2D eigenvalue weighted by atomic mass is 19.1. The molecular formula is C16H22FNO3. The van der Waals surface area contributed by atoms with Gasteiger partial charge < -0.3 is 9.84 Å². The third-order valence-corrected chi connectivity index (χ3v) is 4.02. The average molecular weight is 295 g/mol. The SMILES string of the molecule is CCOC(=O)C1(NCC(O)c2ccccc2F)CCCC1. The van der Waals surface area contributed by atoms with Crippen molar-refractivity contribution in [2.45, 2.75) is 44.2 Å². The summed E-state index contributed by atoms with van der Waals surface area (Å²) in [5.74, 6) is -0.716. The third-order valence-electron chi connectivity index (χ3n) is 4.02. The fourth-order valence-corrected chi connectivity index (χ4v) is 2.85. The van der Waals surface area contributed by atoms with Gasteiger partial charge >= 0.3 is 5.97 Å². The highest BCUT2D eigenvalue weighted by Gasteiger charge is 2.42. The normalized spacial score (nSPS) is 18.4. The van der Waals surface area contributed by atoms with Crippen molar-refractivity contribution < 1.29 is 19.0 Å². The average Bonchev–Trinajstić information content (AvgIpc) is 2.96. The number of nitrogens with one attached hydrogen (secondary N) is 1. The molecule has 1 unspecified atom stereocenters. The van der Waals surface area contributed by atoms with Crippen LogP contribution < -0.4 is 5.32 Å². The van der Waals surface area contributed by atoms with E-state index in [0.29, 0.717) is 19.4 Å². The molecule has 0 bridgehead atoms. The molecule has 1 aromatic carbocycles. The van der Waals surface area contributed by atoms with Crippen LogP contribution >= 0.6 is 0 Å². The summed E-state index contributed by atoms with van der Waals surface area (Å²) in [4.78, 5) is 12.1. The molecule has 0 amide bonds. The zero-order valence-corrected chi connectivity index (χ0v) is 12.3.